The van der Waals surface area contributed by atoms with Crippen LogP contribution in [-0.4, -0.2) is 40.3 Å². The van der Waals surface area contributed by atoms with Crippen LogP contribution in [0.15, 0.2) is 42.5 Å². The average Bonchev–Trinajstić information content (AvgIpc) is 2.63. The van der Waals surface area contributed by atoms with Crippen LogP contribution in [0.4, 0.5) is 14.5 Å². The second-order valence-corrected chi connectivity index (χ2v) is 5.95. The lowest BCUT2D eigenvalue weighted by Gasteiger charge is -2.15. The molecule has 0 aliphatic carbocycles. The quantitative estimate of drug-likeness (QED) is 0.697. The molecule has 8 heteroatoms. The summed E-state index contributed by atoms with van der Waals surface area (Å²) in [7, 11) is 4.94. The van der Waals surface area contributed by atoms with E-state index in [0.717, 1.165) is 10.5 Å². The van der Waals surface area contributed by atoms with Crippen LogP contribution in [0, 0.1) is 0 Å². The van der Waals surface area contributed by atoms with Crippen molar-refractivity contribution >= 4 is 11.6 Å². The summed E-state index contributed by atoms with van der Waals surface area (Å²) < 4.78 is 39.0. The van der Waals surface area contributed by atoms with Crippen LogP contribution in [0.1, 0.15) is 5.56 Å². The Bertz CT molecular complexity index is 754. The number of rotatable bonds is 9. The van der Waals surface area contributed by atoms with Crippen molar-refractivity contribution in [2.24, 2.45) is 0 Å². The van der Waals surface area contributed by atoms with E-state index in [0.29, 0.717) is 23.7 Å². The van der Waals surface area contributed by atoms with E-state index in [1.54, 1.807) is 37.4 Å². The van der Waals surface area contributed by atoms with Gasteiger partial charge in [-0.15, -0.1) is 0 Å². The highest BCUT2D eigenvalue weighted by molar-refractivity contribution is 5.93. The normalized spacial score (nSPS) is 11.8. The first kappa shape index (κ1) is 20.4. The van der Waals surface area contributed by atoms with Crippen LogP contribution in [0.25, 0.3) is 0 Å². The molecule has 0 saturated heterocycles. The smallest absolute Gasteiger partial charge is 0.387 e. The summed E-state index contributed by atoms with van der Waals surface area (Å²) in [6.45, 7) is -2.06. The molecule has 2 aromatic rings. The number of quaternary nitrogens is 1. The van der Waals surface area contributed by atoms with Crippen LogP contribution in [0.3, 0.4) is 0 Å². The number of hydrogen-bond acceptors (Lipinski definition) is 4. The van der Waals surface area contributed by atoms with Crippen molar-refractivity contribution in [3.8, 4) is 17.2 Å². The summed E-state index contributed by atoms with van der Waals surface area (Å²) in [6, 6.07) is 11.5. The number of carbonyl (C=O) groups is 1. The number of alkyl halides is 2. The summed E-state index contributed by atoms with van der Waals surface area (Å²) >= 11 is 0. The number of nitrogens with one attached hydrogen (secondary N) is 2. The highest BCUT2D eigenvalue weighted by Gasteiger charge is 2.14. The van der Waals surface area contributed by atoms with Crippen molar-refractivity contribution in [2.75, 3.05) is 33.1 Å². The molecule has 1 atom stereocenters. The predicted molar refractivity (Wildman–Crippen MR) is 96.7 cm³/mol. The molecule has 0 radical (unpaired) electrons. The average molecular weight is 381 g/mol. The van der Waals surface area contributed by atoms with E-state index in [2.05, 4.69) is 10.1 Å². The highest BCUT2D eigenvalue weighted by atomic mass is 19.3. The zero-order valence-electron chi connectivity index (χ0n) is 15.4. The molecule has 0 aliphatic rings. The minimum Gasteiger partial charge on any atom is -0.497 e. The predicted octanol–water partition coefficient (Wildman–Crippen LogP) is 1.96. The SMILES string of the molecule is COc1ccc(NC(=O)C[NH+](C)Cc2ccc(OC(F)F)cc2)c(OC)c1. The molecule has 0 bridgehead atoms. The Kier molecular flexibility index (Phi) is 7.36. The molecule has 1 unspecified atom stereocenters. The maximum absolute atomic E-state index is 12.3. The maximum atomic E-state index is 12.3. The maximum Gasteiger partial charge on any atom is 0.387 e. The van der Waals surface area contributed by atoms with Crippen LogP contribution in [0.2, 0.25) is 0 Å². The lowest BCUT2D eigenvalue weighted by Crippen LogP contribution is -3.08. The molecule has 146 valence electrons. The van der Waals surface area contributed by atoms with E-state index in [1.807, 2.05) is 7.05 Å². The molecule has 6 nitrogen and oxygen atoms in total. The fourth-order valence-corrected chi connectivity index (χ4v) is 2.57. The van der Waals surface area contributed by atoms with Gasteiger partial charge in [0.2, 0.25) is 0 Å². The summed E-state index contributed by atoms with van der Waals surface area (Å²) in [5, 5.41) is 2.82. The van der Waals surface area contributed by atoms with E-state index in [1.165, 1.54) is 19.2 Å². The Morgan fingerprint density at radius 2 is 1.74 bits per heavy atom. The van der Waals surface area contributed by atoms with Crippen molar-refractivity contribution in [3.05, 3.63) is 48.0 Å². The van der Waals surface area contributed by atoms with Gasteiger partial charge in [0.15, 0.2) is 6.54 Å². The summed E-state index contributed by atoms with van der Waals surface area (Å²) in [4.78, 5) is 13.2. The van der Waals surface area contributed by atoms with Crippen molar-refractivity contribution < 1.29 is 32.7 Å². The van der Waals surface area contributed by atoms with Crippen molar-refractivity contribution in [1.82, 2.24) is 0 Å². The number of carbonyl (C=O) groups excluding carboxylic acids is 1. The molecular weight excluding hydrogens is 358 g/mol. The molecule has 0 heterocycles. The Labute approximate surface area is 156 Å². The van der Waals surface area contributed by atoms with E-state index in [9.17, 15) is 13.6 Å². The molecule has 2 rings (SSSR count). The Hall–Kier alpha value is -2.87. The second-order valence-electron chi connectivity index (χ2n) is 5.95. The van der Waals surface area contributed by atoms with Crippen molar-refractivity contribution in [3.63, 3.8) is 0 Å². The van der Waals surface area contributed by atoms with Crippen LogP contribution in [0.5, 0.6) is 17.2 Å². The van der Waals surface area contributed by atoms with Crippen LogP contribution < -0.4 is 24.4 Å². The molecular formula is C19H23F2N2O4+. The summed E-state index contributed by atoms with van der Waals surface area (Å²) in [5.41, 5.74) is 1.47. The first-order valence-corrected chi connectivity index (χ1v) is 8.28. The molecule has 0 spiro atoms. The van der Waals surface area contributed by atoms with Gasteiger partial charge >= 0.3 is 6.61 Å². The monoisotopic (exact) mass is 381 g/mol. The molecule has 0 aliphatic heterocycles. The van der Waals surface area contributed by atoms with E-state index in [-0.39, 0.29) is 18.2 Å². The van der Waals surface area contributed by atoms with Gasteiger partial charge in [0.25, 0.3) is 5.91 Å². The number of likely N-dealkylation sites (N-methyl/N-ethyl adjacent to an activating group) is 1. The molecule has 0 aromatic heterocycles. The van der Waals surface area contributed by atoms with Gasteiger partial charge in [0, 0.05) is 11.6 Å². The Balaban J connectivity index is 1.90. The largest absolute Gasteiger partial charge is 0.497 e. The lowest BCUT2D eigenvalue weighted by atomic mass is 10.2. The van der Waals surface area contributed by atoms with Crippen LogP contribution >= 0.6 is 0 Å². The minimum absolute atomic E-state index is 0.107. The minimum atomic E-state index is -2.84. The Morgan fingerprint density at radius 1 is 1.07 bits per heavy atom. The molecule has 27 heavy (non-hydrogen) atoms. The van der Waals surface area contributed by atoms with Gasteiger partial charge in [-0.2, -0.15) is 8.78 Å². The van der Waals surface area contributed by atoms with Gasteiger partial charge in [-0.1, -0.05) is 0 Å². The third-order valence-electron chi connectivity index (χ3n) is 3.80. The fourth-order valence-electron chi connectivity index (χ4n) is 2.57. The number of benzene rings is 2. The zero-order valence-corrected chi connectivity index (χ0v) is 15.4. The number of hydrogen-bond donors (Lipinski definition) is 2. The standard InChI is InChI=1S/C19H22F2N2O4/c1-23(11-13-4-6-14(7-5-13)27-19(20)21)12-18(24)22-16-9-8-15(25-2)10-17(16)26-3/h4-10,19H,11-12H2,1-3H3,(H,22,24)/p+1. The number of anilines is 1. The topological polar surface area (TPSA) is 61.2 Å². The molecule has 0 fully saturated rings. The van der Waals surface area contributed by atoms with Gasteiger partial charge in [-0.25, -0.2) is 0 Å². The number of amides is 1. The number of ether oxygens (including phenoxy) is 3. The molecule has 1 amide bonds. The van der Waals surface area contributed by atoms with Gasteiger partial charge in [0.1, 0.15) is 23.8 Å². The first-order valence-electron chi connectivity index (χ1n) is 8.28. The lowest BCUT2D eigenvalue weighted by molar-refractivity contribution is -0.885. The van der Waals surface area contributed by atoms with Crippen molar-refractivity contribution in [2.45, 2.75) is 13.2 Å². The third kappa shape index (κ3) is 6.41. The number of halogens is 2. The van der Waals surface area contributed by atoms with E-state index >= 15 is 0 Å². The Morgan fingerprint density at radius 3 is 2.33 bits per heavy atom. The summed E-state index contributed by atoms with van der Waals surface area (Å²) in [6.07, 6.45) is 0. The van der Waals surface area contributed by atoms with Gasteiger partial charge in [-0.3, -0.25) is 4.79 Å². The second kappa shape index (κ2) is 9.72. The molecule has 2 aromatic carbocycles. The summed E-state index contributed by atoms with van der Waals surface area (Å²) in [5.74, 6) is 1.08. The van der Waals surface area contributed by atoms with Gasteiger partial charge in [-0.05, 0) is 36.4 Å². The van der Waals surface area contributed by atoms with Gasteiger partial charge < -0.3 is 24.4 Å². The fraction of sp³-hybridized carbons (Fsp3) is 0.316. The first-order chi connectivity index (χ1) is 12.9. The van der Waals surface area contributed by atoms with Gasteiger partial charge in [0.05, 0.1) is 27.0 Å². The highest BCUT2D eigenvalue weighted by Crippen LogP contribution is 2.28. The van der Waals surface area contributed by atoms with E-state index in [4.69, 9.17) is 9.47 Å². The van der Waals surface area contributed by atoms with Crippen molar-refractivity contribution in [1.29, 1.82) is 0 Å². The molecule has 2 N–H and O–H groups in total. The van der Waals surface area contributed by atoms with Crippen LogP contribution in [-0.2, 0) is 11.3 Å². The van der Waals surface area contributed by atoms with E-state index < -0.39 is 6.61 Å². The zero-order chi connectivity index (χ0) is 19.8. The number of methoxy groups -OCH3 is 2. The third-order valence-corrected chi connectivity index (χ3v) is 3.80. The molecule has 0 saturated carbocycles.